The van der Waals surface area contributed by atoms with Gasteiger partial charge in [-0.3, -0.25) is 9.89 Å². The SMILES string of the molecule is CN(C)c1ncccc1NC(=O)c1n[nH]c(C2CC2)n1. The first-order valence-corrected chi connectivity index (χ1v) is 6.51. The van der Waals surface area contributed by atoms with Crippen molar-refractivity contribution < 1.29 is 4.79 Å². The van der Waals surface area contributed by atoms with Gasteiger partial charge in [-0.1, -0.05) is 0 Å². The average molecular weight is 272 g/mol. The molecule has 104 valence electrons. The summed E-state index contributed by atoms with van der Waals surface area (Å²) in [6.45, 7) is 0. The molecule has 0 radical (unpaired) electrons. The fourth-order valence-electron chi connectivity index (χ4n) is 1.94. The molecule has 2 aromatic rings. The number of H-pyrrole nitrogens is 1. The van der Waals surface area contributed by atoms with Crippen LogP contribution < -0.4 is 10.2 Å². The molecule has 0 unspecified atom stereocenters. The number of nitrogens with one attached hydrogen (secondary N) is 2. The second-order valence-corrected chi connectivity index (χ2v) is 5.04. The van der Waals surface area contributed by atoms with E-state index in [4.69, 9.17) is 0 Å². The number of anilines is 2. The van der Waals surface area contributed by atoms with Gasteiger partial charge < -0.3 is 10.2 Å². The molecule has 0 aliphatic heterocycles. The zero-order valence-corrected chi connectivity index (χ0v) is 11.4. The molecule has 2 heterocycles. The van der Waals surface area contributed by atoms with Gasteiger partial charge in [0.1, 0.15) is 5.82 Å². The molecule has 1 aliphatic carbocycles. The van der Waals surface area contributed by atoms with E-state index >= 15 is 0 Å². The minimum atomic E-state index is -0.329. The largest absolute Gasteiger partial charge is 0.361 e. The molecule has 2 aromatic heterocycles. The van der Waals surface area contributed by atoms with E-state index in [0.29, 0.717) is 17.4 Å². The Morgan fingerprint density at radius 1 is 1.45 bits per heavy atom. The molecule has 20 heavy (non-hydrogen) atoms. The van der Waals surface area contributed by atoms with Crippen LogP contribution in [0.2, 0.25) is 0 Å². The fraction of sp³-hybridized carbons (Fsp3) is 0.385. The molecule has 7 nitrogen and oxygen atoms in total. The van der Waals surface area contributed by atoms with Crippen molar-refractivity contribution >= 4 is 17.4 Å². The van der Waals surface area contributed by atoms with Crippen LogP contribution in [0.3, 0.4) is 0 Å². The first-order valence-electron chi connectivity index (χ1n) is 6.51. The molecule has 0 aromatic carbocycles. The highest BCUT2D eigenvalue weighted by atomic mass is 16.2. The highest BCUT2D eigenvalue weighted by Crippen LogP contribution is 2.37. The monoisotopic (exact) mass is 272 g/mol. The Morgan fingerprint density at radius 3 is 2.95 bits per heavy atom. The van der Waals surface area contributed by atoms with E-state index < -0.39 is 0 Å². The summed E-state index contributed by atoms with van der Waals surface area (Å²) in [5.74, 6) is 1.78. The van der Waals surface area contributed by atoms with Gasteiger partial charge in [-0.15, -0.1) is 5.10 Å². The van der Waals surface area contributed by atoms with Crippen LogP contribution in [0.4, 0.5) is 11.5 Å². The van der Waals surface area contributed by atoms with Gasteiger partial charge in [0.2, 0.25) is 5.82 Å². The zero-order chi connectivity index (χ0) is 14.1. The predicted octanol–water partition coefficient (Wildman–Crippen LogP) is 1.40. The van der Waals surface area contributed by atoms with Gasteiger partial charge in [-0.25, -0.2) is 9.97 Å². The van der Waals surface area contributed by atoms with Crippen molar-refractivity contribution in [2.45, 2.75) is 18.8 Å². The lowest BCUT2D eigenvalue weighted by molar-refractivity contribution is 0.101. The van der Waals surface area contributed by atoms with Gasteiger partial charge in [-0.2, -0.15) is 0 Å². The smallest absolute Gasteiger partial charge is 0.295 e. The Labute approximate surface area is 116 Å². The second-order valence-electron chi connectivity index (χ2n) is 5.04. The standard InChI is InChI=1S/C13H16N6O/c1-19(2)12-9(4-3-7-14-12)15-13(20)11-16-10(17-18-11)8-5-6-8/h3-4,7-8H,5-6H2,1-2H3,(H,15,20)(H,16,17,18). The van der Waals surface area contributed by atoms with Crippen LogP contribution in [0.25, 0.3) is 0 Å². The number of aromatic amines is 1. The molecule has 0 spiro atoms. The Kier molecular flexibility index (Phi) is 3.09. The third-order valence-corrected chi connectivity index (χ3v) is 3.13. The van der Waals surface area contributed by atoms with Crippen LogP contribution >= 0.6 is 0 Å². The van der Waals surface area contributed by atoms with Crippen LogP contribution in [0.1, 0.15) is 35.2 Å². The van der Waals surface area contributed by atoms with E-state index in [2.05, 4.69) is 25.5 Å². The minimum Gasteiger partial charge on any atom is -0.361 e. The van der Waals surface area contributed by atoms with Crippen LogP contribution in [0, 0.1) is 0 Å². The summed E-state index contributed by atoms with van der Waals surface area (Å²) in [6, 6.07) is 3.57. The number of pyridine rings is 1. The maximum atomic E-state index is 12.1. The minimum absolute atomic E-state index is 0.167. The molecular weight excluding hydrogens is 256 g/mol. The van der Waals surface area contributed by atoms with E-state index in [1.165, 1.54) is 0 Å². The molecule has 0 bridgehead atoms. The molecule has 1 amide bonds. The summed E-state index contributed by atoms with van der Waals surface area (Å²) in [4.78, 5) is 22.4. The zero-order valence-electron chi connectivity index (χ0n) is 11.4. The number of carbonyl (C=O) groups excluding carboxylic acids is 1. The van der Waals surface area contributed by atoms with Crippen LogP contribution in [-0.4, -0.2) is 40.2 Å². The number of aromatic nitrogens is 4. The highest BCUT2D eigenvalue weighted by Gasteiger charge is 2.28. The van der Waals surface area contributed by atoms with Crippen LogP contribution in [0.15, 0.2) is 18.3 Å². The third-order valence-electron chi connectivity index (χ3n) is 3.13. The van der Waals surface area contributed by atoms with Crippen molar-refractivity contribution in [3.8, 4) is 0 Å². The van der Waals surface area contributed by atoms with Gasteiger partial charge in [-0.05, 0) is 25.0 Å². The summed E-state index contributed by atoms with van der Waals surface area (Å²) in [5, 5.41) is 9.58. The maximum Gasteiger partial charge on any atom is 0.295 e. The van der Waals surface area contributed by atoms with Gasteiger partial charge in [0.15, 0.2) is 5.82 Å². The van der Waals surface area contributed by atoms with Crippen molar-refractivity contribution in [3.05, 3.63) is 30.0 Å². The van der Waals surface area contributed by atoms with Gasteiger partial charge in [0.25, 0.3) is 5.91 Å². The number of hydrogen-bond donors (Lipinski definition) is 2. The molecule has 1 fully saturated rings. The average Bonchev–Trinajstić information content (AvgIpc) is 3.16. The Hall–Kier alpha value is -2.44. The third kappa shape index (κ3) is 2.47. The normalized spacial score (nSPS) is 14.1. The topological polar surface area (TPSA) is 86.8 Å². The fourth-order valence-corrected chi connectivity index (χ4v) is 1.94. The number of hydrogen-bond acceptors (Lipinski definition) is 5. The molecule has 2 N–H and O–H groups in total. The quantitative estimate of drug-likeness (QED) is 0.878. The van der Waals surface area contributed by atoms with Gasteiger partial charge in [0.05, 0.1) is 5.69 Å². The van der Waals surface area contributed by atoms with Crippen molar-refractivity contribution in [2.24, 2.45) is 0 Å². The lowest BCUT2D eigenvalue weighted by atomic mass is 10.3. The molecule has 0 atom stereocenters. The number of nitrogens with zero attached hydrogens (tertiary/aromatic N) is 4. The van der Waals surface area contributed by atoms with E-state index in [1.807, 2.05) is 19.0 Å². The van der Waals surface area contributed by atoms with Crippen LogP contribution in [0.5, 0.6) is 0 Å². The van der Waals surface area contributed by atoms with Crippen molar-refractivity contribution in [1.29, 1.82) is 0 Å². The molecule has 7 heteroatoms. The van der Waals surface area contributed by atoms with Crippen molar-refractivity contribution in [3.63, 3.8) is 0 Å². The lowest BCUT2D eigenvalue weighted by Gasteiger charge is -2.15. The number of carbonyl (C=O) groups is 1. The first kappa shape index (κ1) is 12.6. The Morgan fingerprint density at radius 2 is 2.25 bits per heavy atom. The highest BCUT2D eigenvalue weighted by molar-refractivity contribution is 6.03. The molecule has 1 saturated carbocycles. The number of amides is 1. The molecule has 3 rings (SSSR count). The second kappa shape index (κ2) is 4.92. The summed E-state index contributed by atoms with van der Waals surface area (Å²) >= 11 is 0. The summed E-state index contributed by atoms with van der Waals surface area (Å²) < 4.78 is 0. The van der Waals surface area contributed by atoms with Crippen molar-refractivity contribution in [1.82, 2.24) is 20.2 Å². The van der Waals surface area contributed by atoms with E-state index in [-0.39, 0.29) is 11.7 Å². The molecular formula is C13H16N6O. The Bertz CT molecular complexity index is 631. The maximum absolute atomic E-state index is 12.1. The predicted molar refractivity (Wildman–Crippen MR) is 74.9 cm³/mol. The van der Waals surface area contributed by atoms with E-state index in [9.17, 15) is 4.79 Å². The summed E-state index contributed by atoms with van der Waals surface area (Å²) in [7, 11) is 3.74. The van der Waals surface area contributed by atoms with Gasteiger partial charge in [0, 0.05) is 26.2 Å². The molecule has 0 saturated heterocycles. The first-order chi connectivity index (χ1) is 9.65. The summed E-state index contributed by atoms with van der Waals surface area (Å²) in [5.41, 5.74) is 0.639. The lowest BCUT2D eigenvalue weighted by Crippen LogP contribution is -2.18. The van der Waals surface area contributed by atoms with E-state index in [1.54, 1.807) is 18.3 Å². The van der Waals surface area contributed by atoms with Crippen molar-refractivity contribution in [2.75, 3.05) is 24.3 Å². The number of rotatable bonds is 4. The van der Waals surface area contributed by atoms with E-state index in [0.717, 1.165) is 18.7 Å². The van der Waals surface area contributed by atoms with Gasteiger partial charge >= 0.3 is 0 Å². The van der Waals surface area contributed by atoms with Crippen LogP contribution in [-0.2, 0) is 0 Å². The summed E-state index contributed by atoms with van der Waals surface area (Å²) in [6.07, 6.45) is 3.91. The Balaban J connectivity index is 1.78. The molecule has 1 aliphatic rings.